The molecular formula is C11H13BrO. The Kier molecular flexibility index (Phi) is 3.67. The molecule has 0 aliphatic heterocycles. The maximum Gasteiger partial charge on any atom is 0.163 e. The number of aryl methyl sites for hydroxylation is 1. The van der Waals surface area contributed by atoms with Gasteiger partial charge in [0.05, 0.1) is 0 Å². The number of hydrogen-bond donors (Lipinski definition) is 0. The summed E-state index contributed by atoms with van der Waals surface area (Å²) in [6, 6.07) is 5.86. The van der Waals surface area contributed by atoms with Gasteiger partial charge in [-0.05, 0) is 25.0 Å². The van der Waals surface area contributed by atoms with Crippen LogP contribution in [0.3, 0.4) is 0 Å². The van der Waals surface area contributed by atoms with E-state index in [0.29, 0.717) is 6.42 Å². The molecule has 0 atom stereocenters. The maximum atomic E-state index is 11.6. The lowest BCUT2D eigenvalue weighted by molar-refractivity contribution is 0.0989. The highest BCUT2D eigenvalue weighted by molar-refractivity contribution is 9.09. The fraction of sp³-hybridized carbons (Fsp3) is 0.364. The molecule has 0 aliphatic rings. The second-order valence-corrected chi connectivity index (χ2v) is 3.90. The second kappa shape index (κ2) is 4.56. The van der Waals surface area contributed by atoms with E-state index in [1.165, 1.54) is 5.56 Å². The topological polar surface area (TPSA) is 17.1 Å². The number of benzene rings is 1. The van der Waals surface area contributed by atoms with Crippen LogP contribution in [-0.2, 0) is 0 Å². The predicted octanol–water partition coefficient (Wildman–Crippen LogP) is 3.27. The lowest BCUT2D eigenvalue weighted by Crippen LogP contribution is -2.03. The highest BCUT2D eigenvalue weighted by Crippen LogP contribution is 2.14. The SMILES string of the molecule is Cc1cccc(C(=O)CCBr)c1C. The van der Waals surface area contributed by atoms with Gasteiger partial charge >= 0.3 is 0 Å². The van der Waals surface area contributed by atoms with E-state index in [9.17, 15) is 4.79 Å². The molecule has 0 N–H and O–H groups in total. The molecule has 0 radical (unpaired) electrons. The van der Waals surface area contributed by atoms with E-state index in [2.05, 4.69) is 15.9 Å². The van der Waals surface area contributed by atoms with Crippen molar-refractivity contribution < 1.29 is 4.79 Å². The first-order valence-electron chi connectivity index (χ1n) is 4.32. The quantitative estimate of drug-likeness (QED) is 0.586. The van der Waals surface area contributed by atoms with E-state index in [4.69, 9.17) is 0 Å². The first kappa shape index (κ1) is 10.5. The van der Waals surface area contributed by atoms with Crippen LogP contribution in [0.2, 0.25) is 0 Å². The molecule has 1 aromatic rings. The molecule has 0 spiro atoms. The first-order chi connectivity index (χ1) is 6.16. The largest absolute Gasteiger partial charge is 0.294 e. The maximum absolute atomic E-state index is 11.6. The summed E-state index contributed by atoms with van der Waals surface area (Å²) < 4.78 is 0. The third-order valence-electron chi connectivity index (χ3n) is 2.23. The van der Waals surface area contributed by atoms with Crippen molar-refractivity contribution in [3.05, 3.63) is 34.9 Å². The Morgan fingerprint density at radius 1 is 1.38 bits per heavy atom. The van der Waals surface area contributed by atoms with Crippen LogP contribution < -0.4 is 0 Å². The molecule has 13 heavy (non-hydrogen) atoms. The summed E-state index contributed by atoms with van der Waals surface area (Å²) in [5.41, 5.74) is 3.15. The summed E-state index contributed by atoms with van der Waals surface area (Å²) in [5.74, 6) is 0.220. The van der Waals surface area contributed by atoms with E-state index < -0.39 is 0 Å². The van der Waals surface area contributed by atoms with Crippen LogP contribution >= 0.6 is 15.9 Å². The molecule has 0 bridgehead atoms. The molecule has 1 nitrogen and oxygen atoms in total. The fourth-order valence-corrected chi connectivity index (χ4v) is 1.63. The van der Waals surface area contributed by atoms with Gasteiger partial charge in [0.25, 0.3) is 0 Å². The normalized spacial score (nSPS) is 10.1. The lowest BCUT2D eigenvalue weighted by atomic mass is 9.99. The van der Waals surface area contributed by atoms with Crippen molar-refractivity contribution in [2.45, 2.75) is 20.3 Å². The molecule has 0 fully saturated rings. The molecule has 0 heterocycles. The number of alkyl halides is 1. The third-order valence-corrected chi connectivity index (χ3v) is 2.62. The molecule has 0 aromatic heterocycles. The second-order valence-electron chi connectivity index (χ2n) is 3.11. The zero-order valence-corrected chi connectivity index (χ0v) is 9.52. The number of carbonyl (C=O) groups is 1. The molecule has 0 unspecified atom stereocenters. The van der Waals surface area contributed by atoms with E-state index in [0.717, 1.165) is 16.5 Å². The standard InChI is InChI=1S/C11H13BrO/c1-8-4-3-5-10(9(8)2)11(13)6-7-12/h3-5H,6-7H2,1-2H3. The Bertz CT molecular complexity index is 318. The monoisotopic (exact) mass is 240 g/mol. The zero-order valence-electron chi connectivity index (χ0n) is 7.93. The Morgan fingerprint density at radius 3 is 2.69 bits per heavy atom. The van der Waals surface area contributed by atoms with Gasteiger partial charge in [-0.1, -0.05) is 34.1 Å². The molecule has 1 aromatic carbocycles. The molecule has 0 aliphatic carbocycles. The third kappa shape index (κ3) is 2.41. The highest BCUT2D eigenvalue weighted by atomic mass is 79.9. The Morgan fingerprint density at radius 2 is 2.08 bits per heavy atom. The molecule has 0 amide bonds. The number of halogens is 1. The van der Waals surface area contributed by atoms with Gasteiger partial charge < -0.3 is 0 Å². The average molecular weight is 241 g/mol. The van der Waals surface area contributed by atoms with Crippen molar-refractivity contribution in [2.24, 2.45) is 0 Å². The van der Waals surface area contributed by atoms with Gasteiger partial charge in [-0.15, -0.1) is 0 Å². The van der Waals surface area contributed by atoms with Crippen molar-refractivity contribution in [3.8, 4) is 0 Å². The van der Waals surface area contributed by atoms with Gasteiger partial charge in [0.1, 0.15) is 0 Å². The highest BCUT2D eigenvalue weighted by Gasteiger charge is 2.08. The van der Waals surface area contributed by atoms with Crippen LogP contribution in [0, 0.1) is 13.8 Å². The fourth-order valence-electron chi connectivity index (χ4n) is 1.27. The number of Topliss-reactive ketones (excluding diaryl/α,β-unsaturated/α-hetero) is 1. The molecule has 2 heteroatoms. The van der Waals surface area contributed by atoms with Gasteiger partial charge in [0.2, 0.25) is 0 Å². The minimum absolute atomic E-state index is 0.220. The van der Waals surface area contributed by atoms with Crippen molar-refractivity contribution in [1.82, 2.24) is 0 Å². The minimum atomic E-state index is 0.220. The number of carbonyl (C=O) groups excluding carboxylic acids is 1. The molecule has 70 valence electrons. The van der Waals surface area contributed by atoms with E-state index >= 15 is 0 Å². The first-order valence-corrected chi connectivity index (χ1v) is 5.44. The summed E-state index contributed by atoms with van der Waals surface area (Å²) >= 11 is 3.27. The average Bonchev–Trinajstić information content (AvgIpc) is 2.10. The van der Waals surface area contributed by atoms with Crippen molar-refractivity contribution in [3.63, 3.8) is 0 Å². The Balaban J connectivity index is 3.01. The molecule has 0 saturated carbocycles. The Hall–Kier alpha value is -0.630. The van der Waals surface area contributed by atoms with E-state index in [1.807, 2.05) is 32.0 Å². The molecular weight excluding hydrogens is 228 g/mol. The van der Waals surface area contributed by atoms with Crippen LogP contribution in [0.4, 0.5) is 0 Å². The van der Waals surface area contributed by atoms with Crippen molar-refractivity contribution in [2.75, 3.05) is 5.33 Å². The number of ketones is 1. The van der Waals surface area contributed by atoms with Crippen LogP contribution in [0.25, 0.3) is 0 Å². The van der Waals surface area contributed by atoms with Gasteiger partial charge in [0.15, 0.2) is 5.78 Å². The van der Waals surface area contributed by atoms with Gasteiger partial charge in [-0.25, -0.2) is 0 Å². The summed E-state index contributed by atoms with van der Waals surface area (Å²) in [6.45, 7) is 4.02. The molecule has 0 saturated heterocycles. The summed E-state index contributed by atoms with van der Waals surface area (Å²) in [6.07, 6.45) is 0.574. The van der Waals surface area contributed by atoms with Crippen LogP contribution in [0.15, 0.2) is 18.2 Å². The van der Waals surface area contributed by atoms with Crippen LogP contribution in [0.5, 0.6) is 0 Å². The van der Waals surface area contributed by atoms with Crippen molar-refractivity contribution in [1.29, 1.82) is 0 Å². The lowest BCUT2D eigenvalue weighted by Gasteiger charge is -2.05. The summed E-state index contributed by atoms with van der Waals surface area (Å²) in [7, 11) is 0. The Labute approximate surface area is 87.3 Å². The van der Waals surface area contributed by atoms with Gasteiger partial charge in [0, 0.05) is 17.3 Å². The molecule has 1 rings (SSSR count). The van der Waals surface area contributed by atoms with Gasteiger partial charge in [-0.2, -0.15) is 0 Å². The van der Waals surface area contributed by atoms with Gasteiger partial charge in [-0.3, -0.25) is 4.79 Å². The smallest absolute Gasteiger partial charge is 0.163 e. The summed E-state index contributed by atoms with van der Waals surface area (Å²) in [4.78, 5) is 11.6. The minimum Gasteiger partial charge on any atom is -0.294 e. The van der Waals surface area contributed by atoms with E-state index in [1.54, 1.807) is 0 Å². The van der Waals surface area contributed by atoms with Crippen molar-refractivity contribution >= 4 is 21.7 Å². The summed E-state index contributed by atoms with van der Waals surface area (Å²) in [5, 5.41) is 0.735. The number of hydrogen-bond acceptors (Lipinski definition) is 1. The van der Waals surface area contributed by atoms with Crippen LogP contribution in [-0.4, -0.2) is 11.1 Å². The van der Waals surface area contributed by atoms with E-state index in [-0.39, 0.29) is 5.78 Å². The predicted molar refractivity (Wildman–Crippen MR) is 58.7 cm³/mol. The van der Waals surface area contributed by atoms with Crippen LogP contribution in [0.1, 0.15) is 27.9 Å². The number of rotatable bonds is 3. The zero-order chi connectivity index (χ0) is 9.84.